The molecular weight excluding hydrogens is 562 g/mol. The van der Waals surface area contributed by atoms with Crippen molar-refractivity contribution in [1.82, 2.24) is 15.6 Å². The van der Waals surface area contributed by atoms with Gasteiger partial charge in [0.05, 0.1) is 17.0 Å². The molecule has 0 aliphatic carbocycles. The number of nitrogens with one attached hydrogen (secondary N) is 2. The molecule has 42 heavy (non-hydrogen) atoms. The molecule has 0 spiro atoms. The molecule has 0 unspecified atom stereocenters. The van der Waals surface area contributed by atoms with Crippen LogP contribution in [0, 0.1) is 6.92 Å². The van der Waals surface area contributed by atoms with Crippen molar-refractivity contribution in [2.75, 3.05) is 0 Å². The van der Waals surface area contributed by atoms with Crippen molar-refractivity contribution in [2.45, 2.75) is 98.9 Å². The van der Waals surface area contributed by atoms with E-state index in [1.807, 2.05) is 19.2 Å². The summed E-state index contributed by atoms with van der Waals surface area (Å²) >= 11 is 1.29. The Labute approximate surface area is 248 Å². The van der Waals surface area contributed by atoms with Crippen molar-refractivity contribution < 1.29 is 33.0 Å². The molecule has 2 aromatic heterocycles. The summed E-state index contributed by atoms with van der Waals surface area (Å²) in [5.74, 6) is -0.381. The third-order valence-electron chi connectivity index (χ3n) is 5.74. The molecular formula is C30H39N3O8S. The van der Waals surface area contributed by atoms with E-state index >= 15 is 0 Å². The molecule has 11 nitrogen and oxygen atoms in total. The number of benzene rings is 1. The molecule has 2 heterocycles. The van der Waals surface area contributed by atoms with Gasteiger partial charge in [-0.15, -0.1) is 11.3 Å². The van der Waals surface area contributed by atoms with E-state index in [2.05, 4.69) is 15.6 Å². The van der Waals surface area contributed by atoms with Crippen LogP contribution in [-0.4, -0.2) is 40.4 Å². The molecule has 12 heteroatoms. The molecule has 0 aliphatic heterocycles. The maximum Gasteiger partial charge on any atom is 0.408 e. The maximum absolute atomic E-state index is 13.9. The van der Waals surface area contributed by atoms with E-state index in [0.717, 1.165) is 5.69 Å². The van der Waals surface area contributed by atoms with E-state index in [4.69, 9.17) is 18.6 Å². The summed E-state index contributed by atoms with van der Waals surface area (Å²) in [7, 11) is 0. The van der Waals surface area contributed by atoms with Crippen LogP contribution in [-0.2, 0) is 20.7 Å². The first kappa shape index (κ1) is 32.6. The number of thiazole rings is 1. The Morgan fingerprint density at radius 3 is 2.12 bits per heavy atom. The standard InChI is InChI=1S/C30H39N3O8S/c1-11-18-12-19-21(13-20(18)39-26(35)17(4)33-28(37)41-30(8,9)10)38-24(16(3)32-27(36)40-29(5,6)7)22(23(19)34)25-31-15(2)14-42-25/h12-14,16-17H,11H2,1-10H3,(H,32,36)(H,33,37)/t16-,17-/m0/s1. The summed E-state index contributed by atoms with van der Waals surface area (Å²) in [5, 5.41) is 7.72. The SMILES string of the molecule is CCc1cc2c(=O)c(-c3nc(C)cs3)c([C@H](C)NC(=O)OC(C)(C)C)oc2cc1OC(=O)[C@H](C)NC(=O)OC(C)(C)C. The summed E-state index contributed by atoms with van der Waals surface area (Å²) in [6.07, 6.45) is -0.995. The number of carbonyl (C=O) groups excluding carboxylic acids is 3. The number of ether oxygens (including phenoxy) is 3. The Hall–Kier alpha value is -3.93. The van der Waals surface area contributed by atoms with Crippen LogP contribution in [0.4, 0.5) is 9.59 Å². The van der Waals surface area contributed by atoms with Gasteiger partial charge in [0.25, 0.3) is 0 Å². The lowest BCUT2D eigenvalue weighted by Crippen LogP contribution is -2.43. The topological polar surface area (TPSA) is 146 Å². The first-order valence-corrected chi connectivity index (χ1v) is 14.5. The molecule has 0 aliphatic rings. The number of hydrogen-bond acceptors (Lipinski definition) is 10. The molecule has 0 fully saturated rings. The maximum atomic E-state index is 13.9. The third-order valence-corrected chi connectivity index (χ3v) is 6.72. The zero-order valence-electron chi connectivity index (χ0n) is 25.7. The fourth-order valence-electron chi connectivity index (χ4n) is 3.92. The van der Waals surface area contributed by atoms with E-state index in [9.17, 15) is 19.2 Å². The fraction of sp³-hybridized carbons (Fsp3) is 0.500. The van der Waals surface area contributed by atoms with E-state index in [-0.39, 0.29) is 33.5 Å². The van der Waals surface area contributed by atoms with Gasteiger partial charge in [-0.3, -0.25) is 4.79 Å². The average molecular weight is 602 g/mol. The highest BCUT2D eigenvalue weighted by Crippen LogP contribution is 2.34. The number of carbonyl (C=O) groups is 3. The molecule has 2 atom stereocenters. The normalized spacial score (nSPS) is 13.3. The molecule has 228 valence electrons. The number of alkyl carbamates (subject to hydrolysis) is 2. The van der Waals surface area contributed by atoms with Gasteiger partial charge in [-0.2, -0.15) is 0 Å². The van der Waals surface area contributed by atoms with Gasteiger partial charge in [0.2, 0.25) is 5.43 Å². The molecule has 0 bridgehead atoms. The summed E-state index contributed by atoms with van der Waals surface area (Å²) in [5.41, 5.74) is -0.105. The van der Waals surface area contributed by atoms with Crippen LogP contribution in [0.2, 0.25) is 0 Å². The number of hydrogen-bond donors (Lipinski definition) is 2. The average Bonchev–Trinajstić information content (AvgIpc) is 3.26. The summed E-state index contributed by atoms with van der Waals surface area (Å²) in [6.45, 7) is 17.2. The van der Waals surface area contributed by atoms with Gasteiger partial charge in [0.15, 0.2) is 0 Å². The lowest BCUT2D eigenvalue weighted by atomic mass is 10.0. The highest BCUT2D eigenvalue weighted by molar-refractivity contribution is 7.13. The lowest BCUT2D eigenvalue weighted by Gasteiger charge is -2.22. The number of amides is 2. The Morgan fingerprint density at radius 2 is 1.60 bits per heavy atom. The highest BCUT2D eigenvalue weighted by atomic mass is 32.1. The van der Waals surface area contributed by atoms with Crippen LogP contribution in [0.3, 0.4) is 0 Å². The number of aryl methyl sites for hydroxylation is 2. The number of rotatable bonds is 7. The first-order chi connectivity index (χ1) is 19.4. The Balaban J connectivity index is 2.05. The molecule has 3 rings (SSSR count). The lowest BCUT2D eigenvalue weighted by molar-refractivity contribution is -0.136. The number of esters is 1. The second-order valence-corrected chi connectivity index (χ2v) is 12.8. The van der Waals surface area contributed by atoms with Crippen LogP contribution in [0.25, 0.3) is 21.5 Å². The molecule has 2 amide bonds. The van der Waals surface area contributed by atoms with Gasteiger partial charge in [-0.1, -0.05) is 6.92 Å². The van der Waals surface area contributed by atoms with Gasteiger partial charge in [-0.25, -0.2) is 19.4 Å². The minimum Gasteiger partial charge on any atom is -0.458 e. The summed E-state index contributed by atoms with van der Waals surface area (Å²) in [6, 6.07) is 1.30. The highest BCUT2D eigenvalue weighted by Gasteiger charge is 2.28. The van der Waals surface area contributed by atoms with E-state index in [1.165, 1.54) is 24.3 Å². The first-order valence-electron chi connectivity index (χ1n) is 13.6. The minimum atomic E-state index is -1.02. The number of nitrogens with zero attached hydrogens (tertiary/aromatic N) is 1. The van der Waals surface area contributed by atoms with Crippen LogP contribution in [0.1, 0.15) is 85.4 Å². The fourth-order valence-corrected chi connectivity index (χ4v) is 4.76. The van der Waals surface area contributed by atoms with Gasteiger partial charge in [-0.05, 0) is 80.4 Å². The molecule has 0 saturated heterocycles. The van der Waals surface area contributed by atoms with Gasteiger partial charge in [0, 0.05) is 17.1 Å². The summed E-state index contributed by atoms with van der Waals surface area (Å²) in [4.78, 5) is 56.0. The van der Waals surface area contributed by atoms with Crippen LogP contribution in [0.15, 0.2) is 26.7 Å². The predicted octanol–water partition coefficient (Wildman–Crippen LogP) is 6.19. The monoisotopic (exact) mass is 601 g/mol. The minimum absolute atomic E-state index is 0.151. The number of fused-ring (bicyclic) bond motifs is 1. The van der Waals surface area contributed by atoms with Crippen LogP contribution < -0.4 is 20.8 Å². The van der Waals surface area contributed by atoms with Crippen molar-refractivity contribution in [3.8, 4) is 16.3 Å². The smallest absolute Gasteiger partial charge is 0.408 e. The molecule has 1 aromatic carbocycles. The Kier molecular flexibility index (Phi) is 9.71. The van der Waals surface area contributed by atoms with E-state index in [0.29, 0.717) is 17.0 Å². The Bertz CT molecular complexity index is 1540. The van der Waals surface area contributed by atoms with Crippen LogP contribution in [0.5, 0.6) is 5.75 Å². The molecule has 2 N–H and O–H groups in total. The zero-order chi connectivity index (χ0) is 31.6. The van der Waals surface area contributed by atoms with E-state index in [1.54, 1.807) is 54.5 Å². The van der Waals surface area contributed by atoms with Gasteiger partial charge in [0.1, 0.15) is 39.3 Å². The molecule has 3 aromatic rings. The van der Waals surface area contributed by atoms with Crippen molar-refractivity contribution in [3.05, 3.63) is 44.8 Å². The molecule has 0 radical (unpaired) electrons. The zero-order valence-corrected chi connectivity index (χ0v) is 26.5. The largest absolute Gasteiger partial charge is 0.458 e. The predicted molar refractivity (Wildman–Crippen MR) is 160 cm³/mol. The summed E-state index contributed by atoms with van der Waals surface area (Å²) < 4.78 is 22.5. The third kappa shape index (κ3) is 8.31. The van der Waals surface area contributed by atoms with Gasteiger partial charge < -0.3 is 29.3 Å². The van der Waals surface area contributed by atoms with Crippen molar-refractivity contribution in [1.29, 1.82) is 0 Å². The Morgan fingerprint density at radius 1 is 1.00 bits per heavy atom. The molecule has 0 saturated carbocycles. The second-order valence-electron chi connectivity index (χ2n) is 11.9. The van der Waals surface area contributed by atoms with Crippen molar-refractivity contribution >= 4 is 40.5 Å². The second kappa shape index (κ2) is 12.5. The van der Waals surface area contributed by atoms with Crippen molar-refractivity contribution in [2.24, 2.45) is 0 Å². The number of aromatic nitrogens is 1. The van der Waals surface area contributed by atoms with Crippen LogP contribution >= 0.6 is 11.3 Å². The van der Waals surface area contributed by atoms with Gasteiger partial charge >= 0.3 is 18.2 Å². The quantitative estimate of drug-likeness (QED) is 0.239. The van der Waals surface area contributed by atoms with E-state index < -0.39 is 41.4 Å². The van der Waals surface area contributed by atoms with Crippen molar-refractivity contribution in [3.63, 3.8) is 0 Å².